The normalized spacial score (nSPS) is 14.8. The van der Waals surface area contributed by atoms with Crippen molar-refractivity contribution in [1.29, 1.82) is 0 Å². The number of halogens is 1. The smallest absolute Gasteiger partial charge is 0.246 e. The summed E-state index contributed by atoms with van der Waals surface area (Å²) >= 11 is 3.36. The van der Waals surface area contributed by atoms with Gasteiger partial charge in [-0.05, 0) is 61.9 Å². The Hall–Kier alpha value is -2.76. The fraction of sp³-hybridized carbons (Fsp3) is 0.318. The van der Waals surface area contributed by atoms with Crippen LogP contribution in [0, 0.1) is 6.92 Å². The second-order valence-corrected chi connectivity index (χ2v) is 10.4. The van der Waals surface area contributed by atoms with E-state index in [4.69, 9.17) is 4.74 Å². The van der Waals surface area contributed by atoms with Crippen molar-refractivity contribution in [2.24, 2.45) is 0 Å². The Morgan fingerprint density at radius 3 is 2.48 bits per heavy atom. The van der Waals surface area contributed by atoms with Crippen molar-refractivity contribution in [2.75, 3.05) is 43.0 Å². The quantitative estimate of drug-likeness (QED) is 0.492. The average molecular weight is 533 g/mol. The number of rotatable bonds is 7. The fourth-order valence-corrected chi connectivity index (χ4v) is 5.64. The topological polar surface area (TPSA) is 101 Å². The molecule has 1 saturated heterocycles. The van der Waals surface area contributed by atoms with Crippen molar-refractivity contribution < 1.29 is 13.2 Å². The largest absolute Gasteiger partial charge is 0.492 e. The molecule has 174 valence electrons. The molecule has 1 N–H and O–H groups in total. The summed E-state index contributed by atoms with van der Waals surface area (Å²) < 4.78 is 34.3. The van der Waals surface area contributed by atoms with Gasteiger partial charge in [0.15, 0.2) is 11.6 Å². The summed E-state index contributed by atoms with van der Waals surface area (Å²) in [7, 11) is -3.69. The van der Waals surface area contributed by atoms with E-state index < -0.39 is 10.0 Å². The SMILES string of the molecule is CCOc1ccc(Br)cc1S(=O)(=O)N1CCN(c2ccc(Nc3cc(C)ccn3)nn2)CC1. The molecule has 3 aromatic rings. The summed E-state index contributed by atoms with van der Waals surface area (Å²) in [5.41, 5.74) is 1.10. The van der Waals surface area contributed by atoms with Crippen LogP contribution in [0.1, 0.15) is 12.5 Å². The van der Waals surface area contributed by atoms with Crippen LogP contribution in [0.3, 0.4) is 0 Å². The minimum Gasteiger partial charge on any atom is -0.492 e. The van der Waals surface area contributed by atoms with Crippen LogP contribution in [0.25, 0.3) is 0 Å². The number of nitrogens with zero attached hydrogens (tertiary/aromatic N) is 5. The lowest BCUT2D eigenvalue weighted by molar-refractivity contribution is 0.327. The molecule has 1 aromatic carbocycles. The van der Waals surface area contributed by atoms with Crippen molar-refractivity contribution in [3.05, 3.63) is 58.7 Å². The first-order valence-electron chi connectivity index (χ1n) is 10.6. The number of hydrogen-bond acceptors (Lipinski definition) is 8. The van der Waals surface area contributed by atoms with Crippen LogP contribution in [0.2, 0.25) is 0 Å². The number of anilines is 3. The van der Waals surface area contributed by atoms with Gasteiger partial charge in [-0.2, -0.15) is 4.31 Å². The van der Waals surface area contributed by atoms with Crippen LogP contribution in [0.15, 0.2) is 58.0 Å². The summed E-state index contributed by atoms with van der Waals surface area (Å²) in [6.45, 7) is 5.92. The molecule has 1 aliphatic rings. The van der Waals surface area contributed by atoms with Gasteiger partial charge in [-0.25, -0.2) is 13.4 Å². The standard InChI is InChI=1S/C22H25BrN6O3S/c1-3-32-18-5-4-17(23)15-19(18)33(30,31)29-12-10-28(11-13-29)22-7-6-20(26-27-22)25-21-14-16(2)8-9-24-21/h4-9,14-15H,3,10-13H2,1-2H3,(H,24,25,26). The van der Waals surface area contributed by atoms with Crippen molar-refractivity contribution in [1.82, 2.24) is 19.5 Å². The number of pyridine rings is 1. The first-order chi connectivity index (χ1) is 15.9. The molecular weight excluding hydrogens is 508 g/mol. The molecule has 3 heterocycles. The van der Waals surface area contributed by atoms with Crippen molar-refractivity contribution >= 4 is 43.4 Å². The Labute approximate surface area is 202 Å². The van der Waals surface area contributed by atoms with Gasteiger partial charge in [-0.3, -0.25) is 0 Å². The van der Waals surface area contributed by atoms with E-state index in [1.807, 2.05) is 43.0 Å². The molecular formula is C22H25BrN6O3S. The fourth-order valence-electron chi connectivity index (χ4n) is 3.55. The van der Waals surface area contributed by atoms with Gasteiger partial charge in [-0.1, -0.05) is 15.9 Å². The lowest BCUT2D eigenvalue weighted by Gasteiger charge is -2.34. The molecule has 9 nitrogen and oxygen atoms in total. The molecule has 0 aliphatic carbocycles. The third kappa shape index (κ3) is 5.43. The van der Waals surface area contributed by atoms with E-state index in [9.17, 15) is 8.42 Å². The highest BCUT2D eigenvalue weighted by Crippen LogP contribution is 2.31. The summed E-state index contributed by atoms with van der Waals surface area (Å²) in [5.74, 6) is 2.36. The Morgan fingerprint density at radius 2 is 1.82 bits per heavy atom. The molecule has 0 bridgehead atoms. The van der Waals surface area contributed by atoms with Gasteiger partial charge in [0.25, 0.3) is 0 Å². The van der Waals surface area contributed by atoms with Crippen molar-refractivity contribution in [2.45, 2.75) is 18.7 Å². The highest BCUT2D eigenvalue weighted by Gasteiger charge is 2.31. The zero-order chi connectivity index (χ0) is 23.4. The maximum atomic E-state index is 13.3. The van der Waals surface area contributed by atoms with Gasteiger partial charge in [0.05, 0.1) is 6.61 Å². The number of piperazine rings is 1. The monoisotopic (exact) mass is 532 g/mol. The Kier molecular flexibility index (Phi) is 7.11. The molecule has 1 aliphatic heterocycles. The van der Waals surface area contributed by atoms with Crippen molar-refractivity contribution in [3.8, 4) is 5.75 Å². The lowest BCUT2D eigenvalue weighted by Crippen LogP contribution is -2.49. The number of hydrogen-bond donors (Lipinski definition) is 1. The van der Waals surface area contributed by atoms with Gasteiger partial charge in [0.1, 0.15) is 16.5 Å². The van der Waals surface area contributed by atoms with E-state index >= 15 is 0 Å². The molecule has 0 amide bonds. The van der Waals surface area contributed by atoms with E-state index in [1.54, 1.807) is 24.4 Å². The summed E-state index contributed by atoms with van der Waals surface area (Å²) in [4.78, 5) is 6.46. The molecule has 1 fully saturated rings. The number of nitrogens with one attached hydrogen (secondary N) is 1. The third-order valence-electron chi connectivity index (χ3n) is 5.21. The number of aryl methyl sites for hydroxylation is 1. The number of sulfonamides is 1. The molecule has 33 heavy (non-hydrogen) atoms. The Bertz CT molecular complexity index is 1220. The molecule has 2 aromatic heterocycles. The summed E-state index contributed by atoms with van der Waals surface area (Å²) in [6, 6.07) is 12.6. The van der Waals surface area contributed by atoms with Gasteiger partial charge in [-0.15, -0.1) is 10.2 Å². The Balaban J connectivity index is 1.42. The predicted octanol–water partition coefficient (Wildman–Crippen LogP) is 3.60. The van der Waals surface area contributed by atoms with Crippen LogP contribution in [0.4, 0.5) is 17.5 Å². The summed E-state index contributed by atoms with van der Waals surface area (Å²) in [6.07, 6.45) is 1.73. The molecule has 4 rings (SSSR count). The zero-order valence-corrected chi connectivity index (χ0v) is 20.8. The van der Waals surface area contributed by atoms with E-state index in [2.05, 4.69) is 36.4 Å². The minimum absolute atomic E-state index is 0.173. The van der Waals surface area contributed by atoms with E-state index in [0.717, 1.165) is 5.56 Å². The minimum atomic E-state index is -3.69. The number of ether oxygens (including phenoxy) is 1. The van der Waals surface area contributed by atoms with Gasteiger partial charge in [0.2, 0.25) is 10.0 Å². The van der Waals surface area contributed by atoms with E-state index in [-0.39, 0.29) is 4.90 Å². The Morgan fingerprint density at radius 1 is 1.03 bits per heavy atom. The van der Waals surface area contributed by atoms with Crippen LogP contribution in [-0.2, 0) is 10.0 Å². The second kappa shape index (κ2) is 10.0. The molecule has 0 unspecified atom stereocenters. The maximum absolute atomic E-state index is 13.3. The average Bonchev–Trinajstić information content (AvgIpc) is 2.81. The first-order valence-corrected chi connectivity index (χ1v) is 12.8. The van der Waals surface area contributed by atoms with Crippen LogP contribution in [-0.4, -0.2) is 60.7 Å². The first kappa shape index (κ1) is 23.4. The van der Waals surface area contributed by atoms with Gasteiger partial charge in [0, 0.05) is 36.8 Å². The van der Waals surface area contributed by atoms with E-state index in [0.29, 0.717) is 60.5 Å². The van der Waals surface area contributed by atoms with Crippen LogP contribution in [0.5, 0.6) is 5.75 Å². The third-order valence-corrected chi connectivity index (χ3v) is 7.62. The van der Waals surface area contributed by atoms with E-state index in [1.165, 1.54) is 4.31 Å². The highest BCUT2D eigenvalue weighted by molar-refractivity contribution is 9.10. The molecule has 0 saturated carbocycles. The summed E-state index contributed by atoms with van der Waals surface area (Å²) in [5, 5.41) is 11.7. The lowest BCUT2D eigenvalue weighted by atomic mass is 10.3. The van der Waals surface area contributed by atoms with Crippen molar-refractivity contribution in [3.63, 3.8) is 0 Å². The zero-order valence-electron chi connectivity index (χ0n) is 18.4. The van der Waals surface area contributed by atoms with Gasteiger partial charge >= 0.3 is 0 Å². The van der Waals surface area contributed by atoms with Crippen LogP contribution >= 0.6 is 15.9 Å². The van der Waals surface area contributed by atoms with Gasteiger partial charge < -0.3 is 15.0 Å². The molecule has 0 atom stereocenters. The number of aromatic nitrogens is 3. The second-order valence-electron chi connectivity index (χ2n) is 7.54. The molecule has 11 heteroatoms. The van der Waals surface area contributed by atoms with Crippen LogP contribution < -0.4 is 15.0 Å². The number of benzene rings is 1. The molecule has 0 spiro atoms. The molecule has 0 radical (unpaired) electrons. The predicted molar refractivity (Wildman–Crippen MR) is 131 cm³/mol. The highest BCUT2D eigenvalue weighted by atomic mass is 79.9. The maximum Gasteiger partial charge on any atom is 0.246 e.